The molecule has 5 rings (SSSR count). The van der Waals surface area contributed by atoms with Crippen LogP contribution in [0, 0.1) is 0 Å². The zero-order valence-electron chi connectivity index (χ0n) is 20.7. The molecule has 0 aromatic heterocycles. The molecule has 4 nitrogen and oxygen atoms in total. The predicted molar refractivity (Wildman–Crippen MR) is 141 cm³/mol. The first-order valence-corrected chi connectivity index (χ1v) is 12.8. The molecular formula is C30H38N3O+. The largest absolute Gasteiger partial charge is 0.496 e. The van der Waals surface area contributed by atoms with Gasteiger partial charge in [0.05, 0.1) is 20.2 Å². The normalized spacial score (nSPS) is 18.0. The molecule has 1 heterocycles. The number of nitrogens with zero attached hydrogens (tertiary/aromatic N) is 3. The third kappa shape index (κ3) is 4.63. The van der Waals surface area contributed by atoms with E-state index < -0.39 is 0 Å². The first-order valence-electron chi connectivity index (χ1n) is 12.8. The van der Waals surface area contributed by atoms with Gasteiger partial charge in [0, 0.05) is 30.3 Å². The number of hydrogen-bond acceptors (Lipinski definition) is 3. The van der Waals surface area contributed by atoms with Crippen molar-refractivity contribution in [2.75, 3.05) is 40.3 Å². The number of methoxy groups -OCH3 is 1. The fraction of sp³-hybridized carbons (Fsp3) is 0.400. The molecule has 4 heteroatoms. The highest BCUT2D eigenvalue weighted by Crippen LogP contribution is 2.41. The quantitative estimate of drug-likeness (QED) is 0.440. The van der Waals surface area contributed by atoms with Crippen LogP contribution in [0.25, 0.3) is 0 Å². The molecule has 2 aliphatic rings. The van der Waals surface area contributed by atoms with Gasteiger partial charge in [0.15, 0.2) is 5.69 Å². The summed E-state index contributed by atoms with van der Waals surface area (Å²) in [5, 5.41) is 2.73. The lowest BCUT2D eigenvalue weighted by molar-refractivity contribution is -0.0598. The van der Waals surface area contributed by atoms with Crippen molar-refractivity contribution in [2.45, 2.75) is 38.8 Å². The Balaban J connectivity index is 1.64. The lowest BCUT2D eigenvalue weighted by Crippen LogP contribution is -2.68. The molecule has 1 aliphatic carbocycles. The fourth-order valence-electron chi connectivity index (χ4n) is 5.88. The van der Waals surface area contributed by atoms with Crippen molar-refractivity contribution < 1.29 is 4.74 Å². The zero-order chi connectivity index (χ0) is 23.4. The van der Waals surface area contributed by atoms with E-state index in [1.807, 2.05) is 7.11 Å². The van der Waals surface area contributed by atoms with E-state index >= 15 is 0 Å². The molecule has 3 aromatic carbocycles. The fourth-order valence-corrected chi connectivity index (χ4v) is 5.88. The second-order valence-corrected chi connectivity index (χ2v) is 9.92. The van der Waals surface area contributed by atoms with Crippen molar-refractivity contribution in [3.63, 3.8) is 0 Å². The average molecular weight is 457 g/mol. The number of benzene rings is 3. The Bertz CT molecular complexity index is 1030. The monoisotopic (exact) mass is 456 g/mol. The minimum atomic E-state index is 0.917. The topological polar surface area (TPSA) is 15.7 Å². The van der Waals surface area contributed by atoms with Crippen molar-refractivity contribution in [1.82, 2.24) is 14.5 Å². The second kappa shape index (κ2) is 10.3. The minimum absolute atomic E-state index is 0.917. The van der Waals surface area contributed by atoms with Crippen LogP contribution in [0.15, 0.2) is 72.8 Å². The summed E-state index contributed by atoms with van der Waals surface area (Å²) < 4.78 is 6.75. The molecule has 0 N–H and O–H groups in total. The molecule has 0 unspecified atom stereocenters. The summed E-state index contributed by atoms with van der Waals surface area (Å²) in [6, 6.07) is 26.6. The van der Waals surface area contributed by atoms with E-state index in [4.69, 9.17) is 4.74 Å². The van der Waals surface area contributed by atoms with Gasteiger partial charge in [-0.1, -0.05) is 60.7 Å². The molecule has 0 atom stereocenters. The third-order valence-corrected chi connectivity index (χ3v) is 7.80. The van der Waals surface area contributed by atoms with Gasteiger partial charge in [0.2, 0.25) is 0 Å². The Morgan fingerprint density at radius 2 is 1.32 bits per heavy atom. The number of ether oxygens (including phenoxy) is 1. The highest BCUT2D eigenvalue weighted by Gasteiger charge is 2.43. The van der Waals surface area contributed by atoms with Gasteiger partial charge in [-0.25, -0.2) is 4.59 Å². The van der Waals surface area contributed by atoms with Gasteiger partial charge in [0.1, 0.15) is 18.8 Å². The Morgan fingerprint density at radius 3 is 1.88 bits per heavy atom. The number of rotatable bonds is 7. The van der Waals surface area contributed by atoms with Crippen LogP contribution < -0.4 is 9.33 Å². The van der Waals surface area contributed by atoms with Crippen molar-refractivity contribution in [1.29, 1.82) is 0 Å². The summed E-state index contributed by atoms with van der Waals surface area (Å²) in [7, 11) is 4.08. The van der Waals surface area contributed by atoms with Gasteiger partial charge in [0.25, 0.3) is 0 Å². The summed E-state index contributed by atoms with van der Waals surface area (Å²) in [4.78, 5) is 2.48. The van der Waals surface area contributed by atoms with Gasteiger partial charge in [-0.05, 0) is 49.9 Å². The number of hydrogen-bond donors (Lipinski definition) is 0. The lowest BCUT2D eigenvalue weighted by atomic mass is 9.88. The maximum absolute atomic E-state index is 5.83. The van der Waals surface area contributed by atoms with E-state index in [2.05, 4.69) is 89.8 Å². The molecule has 0 amide bonds. The SMILES string of the molecule is COc1ccc([N+]2(N(Cc3ccccc3)Cc3ccccc3)CCN(C)CC2)c2c1CCCC2. The van der Waals surface area contributed by atoms with Crippen LogP contribution in [0.4, 0.5) is 5.69 Å². The number of fused-ring (bicyclic) bond motifs is 1. The molecular weight excluding hydrogens is 418 g/mol. The highest BCUT2D eigenvalue weighted by molar-refractivity contribution is 5.60. The van der Waals surface area contributed by atoms with Crippen LogP contribution in [0.2, 0.25) is 0 Å². The lowest BCUT2D eigenvalue weighted by Gasteiger charge is -2.50. The standard InChI is InChI=1S/C30H38N3O/c1-31-19-21-33(22-20-31,29-17-18-30(34-2)28-16-10-9-15-27(28)29)32(23-25-11-5-3-6-12-25)24-26-13-7-4-8-14-26/h3-8,11-14,17-18H,9-10,15-16,19-24H2,1-2H3/q+1. The van der Waals surface area contributed by atoms with Gasteiger partial charge in [-0.2, -0.15) is 0 Å². The van der Waals surface area contributed by atoms with Crippen molar-refractivity contribution in [3.8, 4) is 5.75 Å². The zero-order valence-corrected chi connectivity index (χ0v) is 20.7. The molecule has 0 radical (unpaired) electrons. The van der Waals surface area contributed by atoms with E-state index in [1.165, 1.54) is 35.2 Å². The maximum Gasteiger partial charge on any atom is 0.156 e. The predicted octanol–water partition coefficient (Wildman–Crippen LogP) is 5.44. The molecule has 1 saturated heterocycles. The van der Waals surface area contributed by atoms with Crippen LogP contribution in [-0.2, 0) is 25.9 Å². The van der Waals surface area contributed by atoms with Crippen molar-refractivity contribution in [3.05, 3.63) is 95.1 Å². The van der Waals surface area contributed by atoms with E-state index in [-0.39, 0.29) is 0 Å². The molecule has 0 saturated carbocycles. The van der Waals surface area contributed by atoms with Gasteiger partial charge >= 0.3 is 0 Å². The third-order valence-electron chi connectivity index (χ3n) is 7.80. The molecule has 0 bridgehead atoms. The van der Waals surface area contributed by atoms with E-state index in [0.29, 0.717) is 0 Å². The number of piperazine rings is 1. The van der Waals surface area contributed by atoms with E-state index in [9.17, 15) is 0 Å². The summed E-state index contributed by atoms with van der Waals surface area (Å²) >= 11 is 0. The first kappa shape index (κ1) is 23.1. The smallest absolute Gasteiger partial charge is 0.156 e. The molecule has 1 aliphatic heterocycles. The van der Waals surface area contributed by atoms with Crippen molar-refractivity contribution in [2.24, 2.45) is 0 Å². The first-order chi connectivity index (χ1) is 16.7. The molecule has 3 aromatic rings. The van der Waals surface area contributed by atoms with Crippen LogP contribution in [-0.4, -0.2) is 50.2 Å². The van der Waals surface area contributed by atoms with Crippen molar-refractivity contribution >= 4 is 5.69 Å². The van der Waals surface area contributed by atoms with E-state index in [0.717, 1.165) is 62.5 Å². The molecule has 0 spiro atoms. The molecule has 34 heavy (non-hydrogen) atoms. The van der Waals surface area contributed by atoms with Gasteiger partial charge in [-0.15, -0.1) is 5.01 Å². The van der Waals surface area contributed by atoms with Gasteiger partial charge < -0.3 is 4.74 Å². The number of quaternary nitrogens is 1. The van der Waals surface area contributed by atoms with Gasteiger partial charge in [-0.3, -0.25) is 4.90 Å². The van der Waals surface area contributed by atoms with Crippen LogP contribution in [0.5, 0.6) is 5.75 Å². The summed E-state index contributed by atoms with van der Waals surface area (Å²) in [5.74, 6) is 1.07. The van der Waals surface area contributed by atoms with Crippen LogP contribution in [0.1, 0.15) is 35.1 Å². The summed E-state index contributed by atoms with van der Waals surface area (Å²) in [6.45, 7) is 6.24. The Hall–Kier alpha value is -2.66. The van der Waals surface area contributed by atoms with Crippen LogP contribution >= 0.6 is 0 Å². The van der Waals surface area contributed by atoms with Crippen LogP contribution in [0.3, 0.4) is 0 Å². The Labute approximate surface area is 204 Å². The Morgan fingerprint density at radius 1 is 0.765 bits per heavy atom. The minimum Gasteiger partial charge on any atom is -0.496 e. The molecule has 1 fully saturated rings. The average Bonchev–Trinajstić information content (AvgIpc) is 2.90. The Kier molecular flexibility index (Phi) is 7.00. The summed E-state index contributed by atoms with van der Waals surface area (Å²) in [6.07, 6.45) is 4.81. The van der Waals surface area contributed by atoms with E-state index in [1.54, 1.807) is 5.56 Å². The summed E-state index contributed by atoms with van der Waals surface area (Å²) in [5.41, 5.74) is 7.23. The molecule has 178 valence electrons. The highest BCUT2D eigenvalue weighted by atomic mass is 16.5. The number of likely N-dealkylation sites (N-methyl/N-ethyl adjacent to an activating group) is 1. The maximum atomic E-state index is 5.83. The second-order valence-electron chi connectivity index (χ2n) is 9.92.